The van der Waals surface area contributed by atoms with Gasteiger partial charge in [0.25, 0.3) is 5.91 Å². The van der Waals surface area contributed by atoms with Crippen LogP contribution in [0.2, 0.25) is 10.0 Å². The van der Waals surface area contributed by atoms with Crippen molar-refractivity contribution < 1.29 is 23.8 Å². The lowest BCUT2D eigenvalue weighted by Crippen LogP contribution is -2.39. The molecule has 2 aromatic carbocycles. The minimum atomic E-state index is -0.363. The number of carbonyl (C=O) groups excluding carboxylic acids is 2. The molecule has 2 unspecified atom stereocenters. The Hall–Kier alpha value is -3.07. The minimum absolute atomic E-state index is 0.0180. The van der Waals surface area contributed by atoms with Crippen molar-refractivity contribution in [3.05, 3.63) is 63.8 Å². The van der Waals surface area contributed by atoms with Crippen LogP contribution in [0.3, 0.4) is 0 Å². The first-order chi connectivity index (χ1) is 18.8. The third-order valence-electron chi connectivity index (χ3n) is 6.84. The molecule has 3 aromatic rings. The number of nitrogens with zero attached hydrogens (tertiary/aromatic N) is 2. The third kappa shape index (κ3) is 7.12. The quantitative estimate of drug-likeness (QED) is 0.298. The van der Waals surface area contributed by atoms with Crippen LogP contribution in [0.15, 0.2) is 42.5 Å². The number of esters is 1. The lowest BCUT2D eigenvalue weighted by molar-refractivity contribution is -0.149. The molecule has 1 aliphatic rings. The van der Waals surface area contributed by atoms with E-state index in [2.05, 4.69) is 5.32 Å². The number of halogens is 2. The fraction of sp³-hybridized carbons (Fsp3) is 0.414. The maximum absolute atomic E-state index is 13.5. The molecule has 2 atom stereocenters. The molecule has 10 heteroatoms. The summed E-state index contributed by atoms with van der Waals surface area (Å²) in [4.78, 5) is 25.1. The number of ether oxygens (including phenoxy) is 3. The Morgan fingerprint density at radius 1 is 1.13 bits per heavy atom. The summed E-state index contributed by atoms with van der Waals surface area (Å²) >= 11 is 12.7. The fourth-order valence-corrected chi connectivity index (χ4v) is 5.45. The Morgan fingerprint density at radius 2 is 1.90 bits per heavy atom. The van der Waals surface area contributed by atoms with E-state index < -0.39 is 0 Å². The molecule has 1 N–H and O–H groups in total. The summed E-state index contributed by atoms with van der Waals surface area (Å²) in [6.07, 6.45) is 3.58. The van der Waals surface area contributed by atoms with Crippen molar-refractivity contribution in [3.63, 3.8) is 0 Å². The molecule has 0 bridgehead atoms. The van der Waals surface area contributed by atoms with Crippen molar-refractivity contribution in [2.24, 2.45) is 5.92 Å². The summed E-state index contributed by atoms with van der Waals surface area (Å²) in [6, 6.07) is 12.7. The number of amides is 1. The number of hydrogen-bond donors (Lipinski definition) is 1. The van der Waals surface area contributed by atoms with Crippen molar-refractivity contribution in [1.29, 1.82) is 0 Å². The molecule has 0 spiro atoms. The van der Waals surface area contributed by atoms with Crippen LogP contribution in [0.5, 0.6) is 5.75 Å². The normalized spacial score (nSPS) is 17.1. The highest BCUT2D eigenvalue weighted by molar-refractivity contribution is 6.35. The van der Waals surface area contributed by atoms with E-state index in [4.69, 9.17) is 42.5 Å². The van der Waals surface area contributed by atoms with Gasteiger partial charge in [0.1, 0.15) is 12.4 Å². The van der Waals surface area contributed by atoms with Crippen LogP contribution in [0, 0.1) is 12.8 Å². The van der Waals surface area contributed by atoms with Gasteiger partial charge in [-0.2, -0.15) is 5.10 Å². The number of benzene rings is 2. The van der Waals surface area contributed by atoms with Gasteiger partial charge in [0.2, 0.25) is 0 Å². The maximum Gasteiger partial charge on any atom is 0.332 e. The summed E-state index contributed by atoms with van der Waals surface area (Å²) in [5.41, 5.74) is 3.29. The Bertz CT molecular complexity index is 1310. The molecule has 1 heterocycles. The van der Waals surface area contributed by atoms with Crippen LogP contribution in [-0.2, 0) is 14.3 Å². The molecule has 39 heavy (non-hydrogen) atoms. The van der Waals surface area contributed by atoms with E-state index in [0.717, 1.165) is 48.3 Å². The SMILES string of the molecule is CCOC(=O)COCC1CCCC(NC(=O)c2nn(-c3ccc(Cl)cc3Cl)c(-c3ccc(OC)cc3)c2C)C1. The highest BCUT2D eigenvalue weighted by Gasteiger charge is 2.28. The second kappa shape index (κ2) is 13.3. The van der Waals surface area contributed by atoms with Gasteiger partial charge >= 0.3 is 5.97 Å². The van der Waals surface area contributed by atoms with E-state index in [1.54, 1.807) is 36.9 Å². The molecule has 0 radical (unpaired) electrons. The van der Waals surface area contributed by atoms with E-state index in [-0.39, 0.29) is 30.4 Å². The molecule has 1 amide bonds. The highest BCUT2D eigenvalue weighted by atomic mass is 35.5. The first-order valence-corrected chi connectivity index (χ1v) is 13.8. The molecule has 208 valence electrons. The lowest BCUT2D eigenvalue weighted by atomic mass is 9.86. The summed E-state index contributed by atoms with van der Waals surface area (Å²) < 4.78 is 17.5. The number of nitrogens with one attached hydrogen (secondary N) is 1. The van der Waals surface area contributed by atoms with Crippen molar-refractivity contribution in [1.82, 2.24) is 15.1 Å². The zero-order valence-electron chi connectivity index (χ0n) is 22.3. The smallest absolute Gasteiger partial charge is 0.332 e. The molecule has 0 aliphatic heterocycles. The van der Waals surface area contributed by atoms with Gasteiger partial charge < -0.3 is 19.5 Å². The molecule has 0 saturated heterocycles. The van der Waals surface area contributed by atoms with Crippen LogP contribution in [-0.4, -0.2) is 54.6 Å². The number of hydrogen-bond acceptors (Lipinski definition) is 6. The second-order valence-electron chi connectivity index (χ2n) is 9.58. The predicted octanol–water partition coefficient (Wildman–Crippen LogP) is 6.03. The summed E-state index contributed by atoms with van der Waals surface area (Å²) in [6.45, 7) is 4.38. The van der Waals surface area contributed by atoms with Crippen LogP contribution in [0.4, 0.5) is 0 Å². The van der Waals surface area contributed by atoms with E-state index >= 15 is 0 Å². The average molecular weight is 575 g/mol. The number of carbonyl (C=O) groups is 2. The largest absolute Gasteiger partial charge is 0.497 e. The Labute approximate surface area is 238 Å². The zero-order chi connectivity index (χ0) is 27.9. The molecular weight excluding hydrogens is 541 g/mol. The summed E-state index contributed by atoms with van der Waals surface area (Å²) in [7, 11) is 1.61. The highest BCUT2D eigenvalue weighted by Crippen LogP contribution is 2.34. The van der Waals surface area contributed by atoms with E-state index in [9.17, 15) is 9.59 Å². The number of aromatic nitrogens is 2. The molecule has 1 aliphatic carbocycles. The molecule has 8 nitrogen and oxygen atoms in total. The van der Waals surface area contributed by atoms with E-state index in [1.165, 1.54) is 0 Å². The minimum Gasteiger partial charge on any atom is -0.497 e. The molecule has 1 saturated carbocycles. The average Bonchev–Trinajstić information content (AvgIpc) is 3.26. The maximum atomic E-state index is 13.5. The standard InChI is InChI=1S/C29H33Cl2N3O5/c1-4-39-26(35)17-38-16-19-6-5-7-22(14-19)32-29(36)27-18(2)28(20-8-11-23(37-3)12-9-20)34(33-27)25-13-10-21(30)15-24(25)31/h8-13,15,19,22H,4-7,14,16-17H2,1-3H3,(H,32,36). The molecule has 4 rings (SSSR count). The fourth-order valence-electron chi connectivity index (χ4n) is 4.97. The lowest BCUT2D eigenvalue weighted by Gasteiger charge is -2.29. The Balaban J connectivity index is 1.55. The molecular formula is C29H33Cl2N3O5. The first-order valence-electron chi connectivity index (χ1n) is 13.0. The summed E-state index contributed by atoms with van der Waals surface area (Å²) in [5.74, 6) is 0.366. The molecule has 1 fully saturated rings. The molecule has 1 aromatic heterocycles. The predicted molar refractivity (Wildman–Crippen MR) is 151 cm³/mol. The van der Waals surface area contributed by atoms with Gasteiger partial charge in [-0.1, -0.05) is 29.6 Å². The first kappa shape index (κ1) is 28.9. The van der Waals surface area contributed by atoms with Crippen molar-refractivity contribution in [2.75, 3.05) is 26.9 Å². The van der Waals surface area contributed by atoms with Crippen molar-refractivity contribution in [2.45, 2.75) is 45.6 Å². The van der Waals surface area contributed by atoms with Gasteiger partial charge in [0, 0.05) is 22.2 Å². The topological polar surface area (TPSA) is 91.7 Å². The monoisotopic (exact) mass is 573 g/mol. The van der Waals surface area contributed by atoms with Gasteiger partial charge in [-0.3, -0.25) is 4.79 Å². The van der Waals surface area contributed by atoms with Gasteiger partial charge in [-0.25, -0.2) is 9.48 Å². The van der Waals surface area contributed by atoms with Crippen LogP contribution in [0.25, 0.3) is 16.9 Å². The number of rotatable bonds is 10. The van der Waals surface area contributed by atoms with Crippen LogP contribution >= 0.6 is 23.2 Å². The van der Waals surface area contributed by atoms with Gasteiger partial charge in [0.05, 0.1) is 36.7 Å². The van der Waals surface area contributed by atoms with Crippen molar-refractivity contribution >= 4 is 35.1 Å². The van der Waals surface area contributed by atoms with Gasteiger partial charge in [-0.05, 0) is 81.5 Å². The second-order valence-corrected chi connectivity index (χ2v) is 10.4. The third-order valence-corrected chi connectivity index (χ3v) is 7.37. The Morgan fingerprint density at radius 3 is 2.59 bits per heavy atom. The van der Waals surface area contributed by atoms with Crippen LogP contribution in [0.1, 0.15) is 48.7 Å². The van der Waals surface area contributed by atoms with E-state index in [1.807, 2.05) is 31.2 Å². The zero-order valence-corrected chi connectivity index (χ0v) is 23.8. The van der Waals surface area contributed by atoms with Gasteiger partial charge in [0.15, 0.2) is 5.69 Å². The number of methoxy groups -OCH3 is 1. The Kier molecular flexibility index (Phi) is 9.88. The van der Waals surface area contributed by atoms with Gasteiger partial charge in [-0.15, -0.1) is 0 Å². The van der Waals surface area contributed by atoms with Crippen molar-refractivity contribution in [3.8, 4) is 22.7 Å². The van der Waals surface area contributed by atoms with Crippen LogP contribution < -0.4 is 10.1 Å². The van der Waals surface area contributed by atoms with E-state index in [0.29, 0.717) is 34.6 Å². The summed E-state index contributed by atoms with van der Waals surface area (Å²) in [5, 5.41) is 8.83.